The first kappa shape index (κ1) is 15.3. The van der Waals surface area contributed by atoms with Crippen LogP contribution in [0, 0.1) is 13.8 Å². The topological polar surface area (TPSA) is 52.0 Å². The molecule has 1 aromatic carbocycles. The molecule has 4 nitrogen and oxygen atoms in total. The van der Waals surface area contributed by atoms with Crippen LogP contribution in [-0.4, -0.2) is 17.4 Å². The van der Waals surface area contributed by atoms with Gasteiger partial charge in [-0.15, -0.1) is 11.3 Å². The van der Waals surface area contributed by atoms with E-state index in [9.17, 15) is 8.42 Å². The zero-order chi connectivity index (χ0) is 15.9. The molecule has 0 saturated carbocycles. The molecule has 7 heteroatoms. The molecule has 3 rings (SSSR count). The molecular weight excluding hydrogens is 340 g/mol. The summed E-state index contributed by atoms with van der Waals surface area (Å²) >= 11 is 7.42. The summed E-state index contributed by atoms with van der Waals surface area (Å²) in [4.78, 5) is 4.57. The van der Waals surface area contributed by atoms with E-state index in [1.165, 1.54) is 21.5 Å². The van der Waals surface area contributed by atoms with Gasteiger partial charge in [0.05, 0.1) is 15.6 Å². The molecule has 0 aliphatic heterocycles. The van der Waals surface area contributed by atoms with Crippen LogP contribution in [0.3, 0.4) is 0 Å². The number of halogens is 1. The molecule has 2 aromatic heterocycles. The Kier molecular flexibility index (Phi) is 3.84. The van der Waals surface area contributed by atoms with Crippen LogP contribution in [0.15, 0.2) is 46.8 Å². The highest BCUT2D eigenvalue weighted by Gasteiger charge is 2.22. The lowest BCUT2D eigenvalue weighted by atomic mass is 10.2. The molecule has 0 radical (unpaired) electrons. The monoisotopic (exact) mass is 352 g/mol. The van der Waals surface area contributed by atoms with Crippen molar-refractivity contribution in [3.05, 3.63) is 58.2 Å². The number of hydrogen-bond acceptors (Lipinski definition) is 4. The Balaban J connectivity index is 2.17. The summed E-state index contributed by atoms with van der Waals surface area (Å²) in [5, 5.41) is 2.86. The predicted molar refractivity (Wildman–Crippen MR) is 89.0 cm³/mol. The largest absolute Gasteiger partial charge is 0.268 e. The quantitative estimate of drug-likeness (QED) is 0.712. The standard InChI is InChI=1S/C15H13ClN2O2S2/c1-10-3-5-13(6-4-10)22(19,20)18-8-12(16)7-14(18)15-17-11(2)9-21-15/h3-9H,1-2H3. The van der Waals surface area contributed by atoms with Crippen LogP contribution in [0.25, 0.3) is 10.7 Å². The van der Waals surface area contributed by atoms with Crippen LogP contribution in [0.2, 0.25) is 5.02 Å². The van der Waals surface area contributed by atoms with Crippen molar-refractivity contribution >= 4 is 33.0 Å². The zero-order valence-electron chi connectivity index (χ0n) is 11.9. The number of rotatable bonds is 3. The first-order valence-corrected chi connectivity index (χ1v) is 9.20. The molecule has 0 unspecified atom stereocenters. The second-order valence-corrected chi connectivity index (χ2v) is 8.06. The maximum atomic E-state index is 12.8. The normalized spacial score (nSPS) is 11.8. The van der Waals surface area contributed by atoms with E-state index in [0.717, 1.165) is 11.3 Å². The third-order valence-electron chi connectivity index (χ3n) is 3.17. The van der Waals surface area contributed by atoms with E-state index >= 15 is 0 Å². The molecule has 0 spiro atoms. The van der Waals surface area contributed by atoms with Gasteiger partial charge in [0.25, 0.3) is 10.0 Å². The second kappa shape index (κ2) is 5.53. The van der Waals surface area contributed by atoms with Crippen molar-refractivity contribution in [2.24, 2.45) is 0 Å². The van der Waals surface area contributed by atoms with Gasteiger partial charge in [0.15, 0.2) is 0 Å². The maximum Gasteiger partial charge on any atom is 0.268 e. The predicted octanol–water partition coefficient (Wildman–Crippen LogP) is 4.12. The van der Waals surface area contributed by atoms with Gasteiger partial charge >= 0.3 is 0 Å². The summed E-state index contributed by atoms with van der Waals surface area (Å²) in [5.74, 6) is 0. The smallest absolute Gasteiger partial charge is 0.240 e. The summed E-state index contributed by atoms with van der Waals surface area (Å²) < 4.78 is 26.9. The van der Waals surface area contributed by atoms with Gasteiger partial charge in [0.1, 0.15) is 5.01 Å². The first-order chi connectivity index (χ1) is 10.4. The summed E-state index contributed by atoms with van der Waals surface area (Å²) in [6.07, 6.45) is 1.41. The minimum Gasteiger partial charge on any atom is -0.240 e. The van der Waals surface area contributed by atoms with Gasteiger partial charge in [-0.25, -0.2) is 17.4 Å². The van der Waals surface area contributed by atoms with E-state index in [1.807, 2.05) is 19.2 Å². The third-order valence-corrected chi connectivity index (χ3v) is 6.05. The molecule has 2 heterocycles. The van der Waals surface area contributed by atoms with Crippen LogP contribution >= 0.6 is 22.9 Å². The molecule has 0 aliphatic rings. The molecular formula is C15H13ClN2O2S2. The van der Waals surface area contributed by atoms with Crippen LogP contribution < -0.4 is 0 Å². The Bertz CT molecular complexity index is 925. The number of thiazole rings is 1. The average molecular weight is 353 g/mol. The van der Waals surface area contributed by atoms with Crippen molar-refractivity contribution in [1.29, 1.82) is 0 Å². The fourth-order valence-corrected chi connectivity index (χ4v) is 4.55. The molecule has 0 saturated heterocycles. The van der Waals surface area contributed by atoms with Gasteiger partial charge in [-0.2, -0.15) is 0 Å². The molecule has 0 N–H and O–H groups in total. The fraction of sp³-hybridized carbons (Fsp3) is 0.133. The van der Waals surface area contributed by atoms with Gasteiger partial charge in [-0.05, 0) is 32.0 Å². The molecule has 0 fully saturated rings. The summed E-state index contributed by atoms with van der Waals surface area (Å²) in [5.41, 5.74) is 2.32. The van der Waals surface area contributed by atoms with Crippen molar-refractivity contribution in [3.8, 4) is 10.7 Å². The van der Waals surface area contributed by atoms with E-state index in [1.54, 1.807) is 30.3 Å². The van der Waals surface area contributed by atoms with Crippen molar-refractivity contribution in [1.82, 2.24) is 8.96 Å². The van der Waals surface area contributed by atoms with E-state index in [-0.39, 0.29) is 4.90 Å². The van der Waals surface area contributed by atoms with Gasteiger partial charge in [0, 0.05) is 17.3 Å². The SMILES string of the molecule is Cc1ccc(S(=O)(=O)n2cc(Cl)cc2-c2nc(C)cs2)cc1. The number of aryl methyl sites for hydroxylation is 2. The summed E-state index contributed by atoms with van der Waals surface area (Å²) in [7, 11) is -3.71. The molecule has 0 amide bonds. The Labute approximate surface area is 138 Å². The van der Waals surface area contributed by atoms with E-state index in [4.69, 9.17) is 11.6 Å². The number of hydrogen-bond donors (Lipinski definition) is 0. The van der Waals surface area contributed by atoms with Crippen LogP contribution in [-0.2, 0) is 10.0 Å². The Morgan fingerprint density at radius 3 is 2.45 bits per heavy atom. The van der Waals surface area contributed by atoms with E-state index in [0.29, 0.717) is 15.7 Å². The average Bonchev–Trinajstić information content (AvgIpc) is 3.05. The Hall–Kier alpha value is -1.63. The van der Waals surface area contributed by atoms with Crippen molar-refractivity contribution < 1.29 is 8.42 Å². The lowest BCUT2D eigenvalue weighted by Crippen LogP contribution is -2.13. The van der Waals surface area contributed by atoms with Gasteiger partial charge in [0.2, 0.25) is 0 Å². The minimum atomic E-state index is -3.71. The first-order valence-electron chi connectivity index (χ1n) is 6.50. The molecule has 0 atom stereocenters. The second-order valence-electron chi connectivity index (χ2n) is 4.95. The molecule has 0 bridgehead atoms. The highest BCUT2D eigenvalue weighted by molar-refractivity contribution is 7.90. The Morgan fingerprint density at radius 1 is 1.18 bits per heavy atom. The maximum absolute atomic E-state index is 12.8. The van der Waals surface area contributed by atoms with Crippen LogP contribution in [0.1, 0.15) is 11.3 Å². The van der Waals surface area contributed by atoms with Crippen molar-refractivity contribution in [2.75, 3.05) is 0 Å². The third kappa shape index (κ3) is 2.69. The number of benzene rings is 1. The van der Waals surface area contributed by atoms with Gasteiger partial charge in [-0.1, -0.05) is 29.3 Å². The van der Waals surface area contributed by atoms with Gasteiger partial charge in [-0.3, -0.25) is 0 Å². The Morgan fingerprint density at radius 2 is 1.86 bits per heavy atom. The van der Waals surface area contributed by atoms with E-state index < -0.39 is 10.0 Å². The summed E-state index contributed by atoms with van der Waals surface area (Å²) in [6, 6.07) is 8.34. The molecule has 3 aromatic rings. The summed E-state index contributed by atoms with van der Waals surface area (Å²) in [6.45, 7) is 3.77. The molecule has 114 valence electrons. The molecule has 22 heavy (non-hydrogen) atoms. The van der Waals surface area contributed by atoms with Crippen LogP contribution in [0.5, 0.6) is 0 Å². The van der Waals surface area contributed by atoms with Crippen molar-refractivity contribution in [2.45, 2.75) is 18.7 Å². The lowest BCUT2D eigenvalue weighted by molar-refractivity contribution is 0.588. The van der Waals surface area contributed by atoms with Crippen molar-refractivity contribution in [3.63, 3.8) is 0 Å². The van der Waals surface area contributed by atoms with Crippen LogP contribution in [0.4, 0.5) is 0 Å². The number of nitrogens with zero attached hydrogens (tertiary/aromatic N) is 2. The highest BCUT2D eigenvalue weighted by Crippen LogP contribution is 2.31. The molecule has 0 aliphatic carbocycles. The minimum absolute atomic E-state index is 0.222. The number of aromatic nitrogens is 2. The van der Waals surface area contributed by atoms with E-state index in [2.05, 4.69) is 4.98 Å². The van der Waals surface area contributed by atoms with Gasteiger partial charge < -0.3 is 0 Å². The zero-order valence-corrected chi connectivity index (χ0v) is 14.3. The lowest BCUT2D eigenvalue weighted by Gasteiger charge is -2.09. The fourth-order valence-electron chi connectivity index (χ4n) is 2.06. The highest BCUT2D eigenvalue weighted by atomic mass is 35.5.